The smallest absolute Gasteiger partial charge is 0.244 e. The van der Waals surface area contributed by atoms with Gasteiger partial charge in [0.25, 0.3) is 0 Å². The number of imide groups is 1. The lowest BCUT2D eigenvalue weighted by Gasteiger charge is -2.19. The van der Waals surface area contributed by atoms with Gasteiger partial charge in [-0.15, -0.1) is 0 Å². The van der Waals surface area contributed by atoms with Crippen LogP contribution in [0.3, 0.4) is 0 Å². The van der Waals surface area contributed by atoms with Crippen LogP contribution in [0.5, 0.6) is 0 Å². The van der Waals surface area contributed by atoms with Crippen LogP contribution in [0.2, 0.25) is 5.02 Å². The zero-order chi connectivity index (χ0) is 18.8. The molecule has 1 saturated heterocycles. The zero-order valence-corrected chi connectivity index (χ0v) is 16.1. The first-order chi connectivity index (χ1) is 12.5. The highest BCUT2D eigenvalue weighted by Gasteiger charge is 2.48. The van der Waals surface area contributed by atoms with Crippen molar-refractivity contribution in [3.8, 4) is 0 Å². The topological polar surface area (TPSA) is 66.5 Å². The van der Waals surface area contributed by atoms with Crippen molar-refractivity contribution in [1.82, 2.24) is 4.90 Å². The van der Waals surface area contributed by atoms with Gasteiger partial charge in [-0.25, -0.2) is 0 Å². The van der Waals surface area contributed by atoms with E-state index in [0.717, 1.165) is 48.1 Å². The van der Waals surface area contributed by atoms with Crippen LogP contribution in [0.4, 0.5) is 5.69 Å². The van der Waals surface area contributed by atoms with E-state index >= 15 is 0 Å². The number of aryl methyl sites for hydroxylation is 1. The Hall–Kier alpha value is -1.88. The minimum atomic E-state index is -0.350. The quantitative estimate of drug-likeness (QED) is 0.799. The third-order valence-corrected chi connectivity index (χ3v) is 5.93. The van der Waals surface area contributed by atoms with Gasteiger partial charge in [0, 0.05) is 10.7 Å². The molecular formula is C20H25ClN2O3. The second-order valence-corrected chi connectivity index (χ2v) is 7.48. The maximum Gasteiger partial charge on any atom is 0.244 e. The highest BCUT2D eigenvalue weighted by atomic mass is 35.5. The van der Waals surface area contributed by atoms with E-state index in [9.17, 15) is 14.4 Å². The molecule has 1 saturated carbocycles. The van der Waals surface area contributed by atoms with Crippen molar-refractivity contribution in [3.05, 3.63) is 28.3 Å². The lowest BCUT2D eigenvalue weighted by Crippen LogP contribution is -2.38. The number of fused-ring (bicyclic) bond motifs is 1. The largest absolute Gasteiger partial charge is 0.324 e. The van der Waals surface area contributed by atoms with Crippen LogP contribution in [0.25, 0.3) is 0 Å². The minimum absolute atomic E-state index is 0.188. The average Bonchev–Trinajstić information content (AvgIpc) is 2.87. The normalized spacial score (nSPS) is 22.5. The Morgan fingerprint density at radius 2 is 1.73 bits per heavy atom. The Morgan fingerprint density at radius 3 is 2.27 bits per heavy atom. The van der Waals surface area contributed by atoms with E-state index in [-0.39, 0.29) is 36.1 Å². The van der Waals surface area contributed by atoms with Gasteiger partial charge in [-0.3, -0.25) is 19.3 Å². The number of hydrogen-bond acceptors (Lipinski definition) is 3. The predicted molar refractivity (Wildman–Crippen MR) is 101 cm³/mol. The molecule has 0 radical (unpaired) electrons. The lowest BCUT2D eigenvalue weighted by molar-refractivity contribution is -0.142. The molecule has 140 valence electrons. The number of benzene rings is 1. The molecule has 26 heavy (non-hydrogen) atoms. The van der Waals surface area contributed by atoms with Crippen molar-refractivity contribution in [2.45, 2.75) is 52.4 Å². The fraction of sp³-hybridized carbons (Fsp3) is 0.550. The third kappa shape index (κ3) is 3.37. The van der Waals surface area contributed by atoms with E-state index in [1.54, 1.807) is 0 Å². The van der Waals surface area contributed by atoms with E-state index in [0.29, 0.717) is 17.1 Å². The Morgan fingerprint density at radius 1 is 1.12 bits per heavy atom. The summed E-state index contributed by atoms with van der Waals surface area (Å²) in [6.07, 6.45) is 4.90. The number of rotatable bonds is 5. The van der Waals surface area contributed by atoms with Crippen LogP contribution in [0.1, 0.15) is 50.7 Å². The summed E-state index contributed by atoms with van der Waals surface area (Å²) in [6, 6.07) is 3.74. The molecule has 2 unspecified atom stereocenters. The first-order valence-electron chi connectivity index (χ1n) is 9.43. The monoisotopic (exact) mass is 376 g/mol. The number of nitrogens with one attached hydrogen (secondary N) is 1. The Labute approximate surface area is 159 Å². The highest BCUT2D eigenvalue weighted by molar-refractivity contribution is 6.32. The molecule has 0 aromatic heterocycles. The summed E-state index contributed by atoms with van der Waals surface area (Å²) in [7, 11) is 0. The van der Waals surface area contributed by atoms with Crippen molar-refractivity contribution in [1.29, 1.82) is 0 Å². The molecule has 2 atom stereocenters. The first-order valence-corrected chi connectivity index (χ1v) is 9.81. The molecule has 5 nitrogen and oxygen atoms in total. The molecule has 1 N–H and O–H groups in total. The van der Waals surface area contributed by atoms with Crippen LogP contribution in [-0.2, 0) is 27.2 Å². The third-order valence-electron chi connectivity index (χ3n) is 5.58. The summed E-state index contributed by atoms with van der Waals surface area (Å²) >= 11 is 6.27. The fourth-order valence-electron chi connectivity index (χ4n) is 4.18. The summed E-state index contributed by atoms with van der Waals surface area (Å²) in [5, 5.41) is 3.51. The predicted octanol–water partition coefficient (Wildman–Crippen LogP) is 3.58. The van der Waals surface area contributed by atoms with Gasteiger partial charge in [0.1, 0.15) is 6.54 Å². The molecule has 1 aromatic rings. The van der Waals surface area contributed by atoms with Crippen LogP contribution in [0, 0.1) is 11.8 Å². The maximum absolute atomic E-state index is 12.6. The first kappa shape index (κ1) is 18.9. The molecule has 1 heterocycles. The number of anilines is 1. The van der Waals surface area contributed by atoms with Gasteiger partial charge < -0.3 is 5.32 Å². The van der Waals surface area contributed by atoms with Gasteiger partial charge in [-0.1, -0.05) is 44.4 Å². The molecule has 1 aliphatic heterocycles. The highest BCUT2D eigenvalue weighted by Crippen LogP contribution is 2.38. The number of nitrogens with zero attached hydrogens (tertiary/aromatic N) is 1. The molecule has 3 rings (SSSR count). The van der Waals surface area contributed by atoms with Crippen LogP contribution < -0.4 is 5.32 Å². The molecular weight excluding hydrogens is 352 g/mol. The van der Waals surface area contributed by atoms with E-state index < -0.39 is 0 Å². The SMILES string of the molecule is CCc1ccc(Cl)c(CC)c1NC(=O)CN1C(=O)C2CCCCC2C1=O. The van der Waals surface area contributed by atoms with E-state index in [4.69, 9.17) is 11.6 Å². The number of amides is 3. The summed E-state index contributed by atoms with van der Waals surface area (Å²) in [5.41, 5.74) is 2.59. The van der Waals surface area contributed by atoms with Gasteiger partial charge >= 0.3 is 0 Å². The van der Waals surface area contributed by atoms with Gasteiger partial charge in [-0.05, 0) is 42.9 Å². The molecule has 2 fully saturated rings. The number of carbonyl (C=O) groups excluding carboxylic acids is 3. The van der Waals surface area contributed by atoms with E-state index in [2.05, 4.69) is 5.32 Å². The summed E-state index contributed by atoms with van der Waals surface area (Å²) in [4.78, 5) is 38.8. The molecule has 2 aliphatic rings. The Balaban J connectivity index is 1.77. The molecule has 1 aliphatic carbocycles. The Kier molecular flexibility index (Phi) is 5.66. The van der Waals surface area contributed by atoms with E-state index in [1.807, 2.05) is 26.0 Å². The van der Waals surface area contributed by atoms with Crippen molar-refractivity contribution >= 4 is 35.0 Å². The number of hydrogen-bond donors (Lipinski definition) is 1. The number of halogens is 1. The zero-order valence-electron chi connectivity index (χ0n) is 15.3. The van der Waals surface area contributed by atoms with Crippen LogP contribution >= 0.6 is 11.6 Å². The van der Waals surface area contributed by atoms with Crippen molar-refractivity contribution in [3.63, 3.8) is 0 Å². The lowest BCUT2D eigenvalue weighted by atomic mass is 9.81. The number of likely N-dealkylation sites (tertiary alicyclic amines) is 1. The summed E-state index contributed by atoms with van der Waals surface area (Å²) in [6.45, 7) is 3.77. The molecule has 6 heteroatoms. The standard InChI is InChI=1S/C20H25ClN2O3/c1-3-12-9-10-16(21)13(4-2)18(12)22-17(24)11-23-19(25)14-7-5-6-8-15(14)20(23)26/h9-10,14-15H,3-8,11H2,1-2H3,(H,22,24). The molecule has 3 amide bonds. The summed E-state index contributed by atoms with van der Waals surface area (Å²) in [5.74, 6) is -1.18. The van der Waals surface area contributed by atoms with Gasteiger partial charge in [-0.2, -0.15) is 0 Å². The van der Waals surface area contributed by atoms with E-state index in [1.165, 1.54) is 0 Å². The molecule has 1 aromatic carbocycles. The maximum atomic E-state index is 12.6. The van der Waals surface area contributed by atoms with Crippen LogP contribution in [-0.4, -0.2) is 29.2 Å². The van der Waals surface area contributed by atoms with Crippen molar-refractivity contribution in [2.24, 2.45) is 11.8 Å². The van der Waals surface area contributed by atoms with Crippen molar-refractivity contribution < 1.29 is 14.4 Å². The second kappa shape index (κ2) is 7.78. The molecule has 0 spiro atoms. The number of carbonyl (C=O) groups is 3. The van der Waals surface area contributed by atoms with Gasteiger partial charge in [0.15, 0.2) is 0 Å². The van der Waals surface area contributed by atoms with Gasteiger partial charge in [0.05, 0.1) is 11.8 Å². The van der Waals surface area contributed by atoms with Crippen LogP contribution in [0.15, 0.2) is 12.1 Å². The second-order valence-electron chi connectivity index (χ2n) is 7.08. The average molecular weight is 377 g/mol. The molecule has 0 bridgehead atoms. The fourth-order valence-corrected chi connectivity index (χ4v) is 4.47. The Bertz CT molecular complexity index is 723. The van der Waals surface area contributed by atoms with Crippen molar-refractivity contribution in [2.75, 3.05) is 11.9 Å². The van der Waals surface area contributed by atoms with Gasteiger partial charge in [0.2, 0.25) is 17.7 Å². The minimum Gasteiger partial charge on any atom is -0.324 e. The summed E-state index contributed by atoms with van der Waals surface area (Å²) < 4.78 is 0.